The van der Waals surface area contributed by atoms with Crippen LogP contribution < -0.4 is 5.32 Å². The Morgan fingerprint density at radius 3 is 2.46 bits per heavy atom. The van der Waals surface area contributed by atoms with Crippen molar-refractivity contribution >= 4 is 46.4 Å². The van der Waals surface area contributed by atoms with Crippen LogP contribution >= 0.6 is 34.8 Å². The van der Waals surface area contributed by atoms with E-state index >= 15 is 0 Å². The first-order chi connectivity index (χ1) is 11.4. The standard InChI is InChI=1S/C17H9Cl3FNO2/c18-9-1-3-11(12(19)7-9)15-5-6-16(24-15)17(23)22-10-2-4-14(21)13(20)8-10/h1-8H,(H,22,23). The number of hydrogen-bond donors (Lipinski definition) is 1. The predicted octanol–water partition coefficient (Wildman–Crippen LogP) is 6.30. The lowest BCUT2D eigenvalue weighted by Gasteiger charge is -2.04. The second-order valence-electron chi connectivity index (χ2n) is 4.87. The topological polar surface area (TPSA) is 42.2 Å². The average Bonchev–Trinajstić information content (AvgIpc) is 3.01. The third-order valence-electron chi connectivity index (χ3n) is 3.20. The van der Waals surface area contributed by atoms with Crippen molar-refractivity contribution in [3.63, 3.8) is 0 Å². The first-order valence-corrected chi connectivity index (χ1v) is 7.89. The zero-order chi connectivity index (χ0) is 17.3. The molecule has 1 N–H and O–H groups in total. The van der Waals surface area contributed by atoms with Gasteiger partial charge in [0, 0.05) is 16.3 Å². The molecule has 0 aliphatic heterocycles. The quantitative estimate of drug-likeness (QED) is 0.576. The summed E-state index contributed by atoms with van der Waals surface area (Å²) in [4.78, 5) is 12.2. The molecule has 1 amide bonds. The molecule has 0 unspecified atom stereocenters. The molecule has 0 saturated heterocycles. The van der Waals surface area contributed by atoms with Crippen LogP contribution in [0.25, 0.3) is 11.3 Å². The Kier molecular flexibility index (Phi) is 4.81. The van der Waals surface area contributed by atoms with Gasteiger partial charge in [-0.25, -0.2) is 4.39 Å². The van der Waals surface area contributed by atoms with E-state index in [0.29, 0.717) is 27.1 Å². The number of benzene rings is 2. The Balaban J connectivity index is 1.82. The molecule has 2 aromatic carbocycles. The lowest BCUT2D eigenvalue weighted by atomic mass is 10.2. The van der Waals surface area contributed by atoms with Crippen LogP contribution in [0.2, 0.25) is 15.1 Å². The fraction of sp³-hybridized carbons (Fsp3) is 0. The second-order valence-corrected chi connectivity index (χ2v) is 6.12. The summed E-state index contributed by atoms with van der Waals surface area (Å²) < 4.78 is 18.7. The number of furan rings is 1. The van der Waals surface area contributed by atoms with E-state index in [1.54, 1.807) is 24.3 Å². The molecule has 7 heteroatoms. The minimum atomic E-state index is -0.563. The Bertz CT molecular complexity index is 924. The zero-order valence-electron chi connectivity index (χ0n) is 11.9. The van der Waals surface area contributed by atoms with Gasteiger partial charge < -0.3 is 9.73 Å². The summed E-state index contributed by atoms with van der Waals surface area (Å²) in [6.45, 7) is 0. The van der Waals surface area contributed by atoms with Crippen LogP contribution in [-0.4, -0.2) is 5.91 Å². The maximum atomic E-state index is 13.1. The van der Waals surface area contributed by atoms with E-state index in [9.17, 15) is 9.18 Å². The van der Waals surface area contributed by atoms with Gasteiger partial charge in [0.25, 0.3) is 5.91 Å². The smallest absolute Gasteiger partial charge is 0.291 e. The van der Waals surface area contributed by atoms with Gasteiger partial charge in [0.2, 0.25) is 0 Å². The normalized spacial score (nSPS) is 10.7. The third-order valence-corrected chi connectivity index (χ3v) is 4.04. The summed E-state index contributed by atoms with van der Waals surface area (Å²) >= 11 is 17.7. The minimum absolute atomic E-state index is 0.0801. The fourth-order valence-electron chi connectivity index (χ4n) is 2.06. The molecule has 3 nitrogen and oxygen atoms in total. The SMILES string of the molecule is O=C(Nc1ccc(F)c(Cl)c1)c1ccc(-c2ccc(Cl)cc2Cl)o1. The molecule has 0 radical (unpaired) electrons. The van der Waals surface area contributed by atoms with E-state index < -0.39 is 11.7 Å². The van der Waals surface area contributed by atoms with Crippen molar-refractivity contribution in [1.82, 2.24) is 0 Å². The summed E-state index contributed by atoms with van der Waals surface area (Å²) in [5.74, 6) is -0.545. The Labute approximate surface area is 151 Å². The lowest BCUT2D eigenvalue weighted by Crippen LogP contribution is -2.10. The number of nitrogens with one attached hydrogen (secondary N) is 1. The van der Waals surface area contributed by atoms with E-state index in [1.165, 1.54) is 24.3 Å². The Hall–Kier alpha value is -2.01. The first-order valence-electron chi connectivity index (χ1n) is 6.76. The van der Waals surface area contributed by atoms with Crippen molar-refractivity contribution in [3.8, 4) is 11.3 Å². The molecule has 3 rings (SSSR count). The molecule has 0 aliphatic carbocycles. The van der Waals surface area contributed by atoms with Gasteiger partial charge in [-0.1, -0.05) is 34.8 Å². The summed E-state index contributed by atoms with van der Waals surface area (Å²) in [7, 11) is 0. The van der Waals surface area contributed by atoms with E-state index in [-0.39, 0.29) is 10.8 Å². The molecule has 1 heterocycles. The Morgan fingerprint density at radius 1 is 0.958 bits per heavy atom. The van der Waals surface area contributed by atoms with Gasteiger partial charge in [-0.15, -0.1) is 0 Å². The molecule has 122 valence electrons. The van der Waals surface area contributed by atoms with Crippen molar-refractivity contribution in [2.75, 3.05) is 5.32 Å². The molecule has 0 atom stereocenters. The molecule has 0 spiro atoms. The van der Waals surface area contributed by atoms with Gasteiger partial charge in [-0.2, -0.15) is 0 Å². The van der Waals surface area contributed by atoms with Gasteiger partial charge in [0.05, 0.1) is 10.0 Å². The molecule has 0 aliphatic rings. The second kappa shape index (κ2) is 6.85. The van der Waals surface area contributed by atoms with Crippen LogP contribution in [0.3, 0.4) is 0 Å². The van der Waals surface area contributed by atoms with Crippen molar-refractivity contribution in [3.05, 3.63) is 75.2 Å². The molecule has 24 heavy (non-hydrogen) atoms. The van der Waals surface area contributed by atoms with Crippen LogP contribution in [0.4, 0.5) is 10.1 Å². The largest absolute Gasteiger partial charge is 0.451 e. The summed E-state index contributed by atoms with van der Waals surface area (Å²) in [5.41, 5.74) is 0.971. The molecule has 0 saturated carbocycles. The van der Waals surface area contributed by atoms with Gasteiger partial charge >= 0.3 is 0 Å². The van der Waals surface area contributed by atoms with E-state index in [0.717, 1.165) is 0 Å². The molecule has 3 aromatic rings. The molecule has 0 bridgehead atoms. The predicted molar refractivity (Wildman–Crippen MR) is 93.5 cm³/mol. The third kappa shape index (κ3) is 3.56. The molecule has 1 aromatic heterocycles. The summed E-state index contributed by atoms with van der Waals surface area (Å²) in [6, 6.07) is 12.0. The highest BCUT2D eigenvalue weighted by molar-refractivity contribution is 6.36. The summed E-state index contributed by atoms with van der Waals surface area (Å²) in [6.07, 6.45) is 0. The first kappa shape index (κ1) is 16.8. The van der Waals surface area contributed by atoms with Gasteiger partial charge in [0.1, 0.15) is 11.6 Å². The molecular weight excluding hydrogens is 376 g/mol. The van der Waals surface area contributed by atoms with Crippen molar-refractivity contribution in [2.24, 2.45) is 0 Å². The van der Waals surface area contributed by atoms with Crippen LogP contribution in [0, 0.1) is 5.82 Å². The Morgan fingerprint density at radius 2 is 1.75 bits per heavy atom. The van der Waals surface area contributed by atoms with Gasteiger partial charge in [-0.05, 0) is 48.5 Å². The van der Waals surface area contributed by atoms with E-state index in [4.69, 9.17) is 39.2 Å². The highest BCUT2D eigenvalue weighted by Crippen LogP contribution is 2.31. The van der Waals surface area contributed by atoms with Crippen molar-refractivity contribution in [1.29, 1.82) is 0 Å². The highest BCUT2D eigenvalue weighted by atomic mass is 35.5. The zero-order valence-corrected chi connectivity index (χ0v) is 14.2. The molecular formula is C17H9Cl3FNO2. The maximum absolute atomic E-state index is 13.1. The van der Waals surface area contributed by atoms with Crippen LogP contribution in [0.1, 0.15) is 10.6 Å². The van der Waals surface area contributed by atoms with Crippen molar-refractivity contribution in [2.45, 2.75) is 0 Å². The number of halogens is 4. The van der Waals surface area contributed by atoms with E-state index in [2.05, 4.69) is 5.32 Å². The van der Waals surface area contributed by atoms with Crippen LogP contribution in [0.15, 0.2) is 52.9 Å². The number of carbonyl (C=O) groups excluding carboxylic acids is 1. The van der Waals surface area contributed by atoms with Crippen LogP contribution in [-0.2, 0) is 0 Å². The van der Waals surface area contributed by atoms with Gasteiger partial charge in [0.15, 0.2) is 5.76 Å². The number of carbonyl (C=O) groups is 1. The number of rotatable bonds is 3. The number of anilines is 1. The maximum Gasteiger partial charge on any atom is 0.291 e. The van der Waals surface area contributed by atoms with Crippen molar-refractivity contribution < 1.29 is 13.6 Å². The lowest BCUT2D eigenvalue weighted by molar-refractivity contribution is 0.0997. The average molecular weight is 385 g/mol. The molecule has 0 fully saturated rings. The number of hydrogen-bond acceptors (Lipinski definition) is 2. The van der Waals surface area contributed by atoms with Crippen LogP contribution in [0.5, 0.6) is 0 Å². The minimum Gasteiger partial charge on any atom is -0.451 e. The summed E-state index contributed by atoms with van der Waals surface area (Å²) in [5, 5.41) is 3.41. The fourth-order valence-corrected chi connectivity index (χ4v) is 2.74. The number of amides is 1. The monoisotopic (exact) mass is 383 g/mol. The van der Waals surface area contributed by atoms with Gasteiger partial charge in [-0.3, -0.25) is 4.79 Å². The van der Waals surface area contributed by atoms with E-state index in [1.807, 2.05) is 0 Å². The highest BCUT2D eigenvalue weighted by Gasteiger charge is 2.15.